The number of hydrogen-bond acceptors (Lipinski definition) is 3. The number of benzene rings is 2. The highest BCUT2D eigenvalue weighted by atomic mass is 35.5. The van der Waals surface area contributed by atoms with Crippen molar-refractivity contribution in [1.82, 2.24) is 0 Å². The topological polar surface area (TPSA) is 35.5 Å². The number of halogens is 12. The minimum Gasteiger partial charge on any atom is -0.490 e. The SMILES string of the molecule is CC[C@H](C)[C@H](Cl)C(=O)Oc1ccc(-c2ccc(OCCCCC(F)(F)C(F)(F)C(F)(F)C(F)(F)F)c(F)c2F)cc1. The molecular formula is C26H24ClF11O3. The van der Waals surface area contributed by atoms with Crippen molar-refractivity contribution in [3.63, 3.8) is 0 Å². The Balaban J connectivity index is 1.99. The molecular weight excluding hydrogens is 605 g/mol. The molecule has 0 fully saturated rings. The van der Waals surface area contributed by atoms with Crippen molar-refractivity contribution in [3.8, 4) is 22.6 Å². The molecule has 0 aromatic heterocycles. The van der Waals surface area contributed by atoms with Gasteiger partial charge in [-0.3, -0.25) is 4.79 Å². The molecule has 41 heavy (non-hydrogen) atoms. The van der Waals surface area contributed by atoms with Gasteiger partial charge >= 0.3 is 29.9 Å². The van der Waals surface area contributed by atoms with E-state index in [1.807, 2.05) is 6.92 Å². The first kappa shape index (κ1) is 34.4. The Morgan fingerprint density at radius 2 is 1.44 bits per heavy atom. The molecule has 0 aliphatic carbocycles. The summed E-state index contributed by atoms with van der Waals surface area (Å²) in [6.07, 6.45) is -9.93. The average Bonchev–Trinajstić information content (AvgIpc) is 2.89. The minimum absolute atomic E-state index is 0.0963. The van der Waals surface area contributed by atoms with E-state index in [-0.39, 0.29) is 22.8 Å². The third kappa shape index (κ3) is 7.55. The lowest BCUT2D eigenvalue weighted by atomic mass is 9.99. The fourth-order valence-corrected chi connectivity index (χ4v) is 3.60. The summed E-state index contributed by atoms with van der Waals surface area (Å²) in [6.45, 7) is 2.93. The number of hydrogen-bond donors (Lipinski definition) is 0. The van der Waals surface area contributed by atoms with Crippen LogP contribution in [-0.2, 0) is 4.79 Å². The summed E-state index contributed by atoms with van der Waals surface area (Å²) >= 11 is 6.03. The second-order valence-electron chi connectivity index (χ2n) is 9.13. The fraction of sp³-hybridized carbons (Fsp3) is 0.500. The molecule has 2 atom stereocenters. The molecule has 230 valence electrons. The summed E-state index contributed by atoms with van der Waals surface area (Å²) < 4.78 is 155. The lowest BCUT2D eigenvalue weighted by Crippen LogP contribution is -2.60. The Bertz CT molecular complexity index is 1180. The van der Waals surface area contributed by atoms with Crippen LogP contribution in [0.4, 0.5) is 48.3 Å². The van der Waals surface area contributed by atoms with Gasteiger partial charge in [0.1, 0.15) is 11.1 Å². The van der Waals surface area contributed by atoms with Crippen LogP contribution in [-0.4, -0.2) is 41.9 Å². The summed E-state index contributed by atoms with van der Waals surface area (Å²) in [5.74, 6) is -23.7. The summed E-state index contributed by atoms with van der Waals surface area (Å²) in [4.78, 5) is 12.1. The third-order valence-corrected chi connectivity index (χ3v) is 6.76. The van der Waals surface area contributed by atoms with E-state index >= 15 is 0 Å². The smallest absolute Gasteiger partial charge is 0.460 e. The molecule has 0 N–H and O–H groups in total. The highest BCUT2D eigenvalue weighted by Gasteiger charge is 2.81. The summed E-state index contributed by atoms with van der Waals surface area (Å²) in [5, 5.41) is -0.893. The van der Waals surface area contributed by atoms with Crippen molar-refractivity contribution in [2.75, 3.05) is 6.61 Å². The predicted octanol–water partition coefficient (Wildman–Crippen LogP) is 9.21. The van der Waals surface area contributed by atoms with Gasteiger partial charge in [-0.25, -0.2) is 4.39 Å². The summed E-state index contributed by atoms with van der Waals surface area (Å²) in [7, 11) is 0. The van der Waals surface area contributed by atoms with Crippen molar-refractivity contribution in [2.45, 2.75) is 68.9 Å². The van der Waals surface area contributed by atoms with Crippen molar-refractivity contribution in [2.24, 2.45) is 5.92 Å². The van der Waals surface area contributed by atoms with Crippen LogP contribution in [0.3, 0.4) is 0 Å². The molecule has 0 bridgehead atoms. The fourth-order valence-electron chi connectivity index (χ4n) is 3.38. The molecule has 0 radical (unpaired) electrons. The lowest BCUT2D eigenvalue weighted by molar-refractivity contribution is -0.396. The second kappa shape index (κ2) is 13.0. The van der Waals surface area contributed by atoms with Gasteiger partial charge in [0.2, 0.25) is 5.82 Å². The zero-order valence-corrected chi connectivity index (χ0v) is 22.2. The van der Waals surface area contributed by atoms with Crippen LogP contribution < -0.4 is 9.47 Å². The van der Waals surface area contributed by atoms with E-state index in [2.05, 4.69) is 0 Å². The molecule has 0 unspecified atom stereocenters. The Morgan fingerprint density at radius 3 is 1.98 bits per heavy atom. The first-order valence-electron chi connectivity index (χ1n) is 12.1. The number of esters is 1. The van der Waals surface area contributed by atoms with Crippen LogP contribution >= 0.6 is 11.6 Å². The molecule has 0 saturated heterocycles. The number of unbranched alkanes of at least 4 members (excludes halogenated alkanes) is 1. The molecule has 2 rings (SSSR count). The second-order valence-corrected chi connectivity index (χ2v) is 9.60. The van der Waals surface area contributed by atoms with E-state index in [1.54, 1.807) is 6.92 Å². The Hall–Kier alpha value is -2.77. The maximum atomic E-state index is 14.7. The first-order chi connectivity index (χ1) is 18.8. The maximum Gasteiger partial charge on any atom is 0.460 e. The molecule has 15 heteroatoms. The predicted molar refractivity (Wildman–Crippen MR) is 127 cm³/mol. The zero-order chi connectivity index (χ0) is 31.4. The van der Waals surface area contributed by atoms with Gasteiger partial charge < -0.3 is 9.47 Å². The van der Waals surface area contributed by atoms with E-state index in [1.165, 1.54) is 24.3 Å². The van der Waals surface area contributed by atoms with Gasteiger partial charge in [0.05, 0.1) is 6.61 Å². The van der Waals surface area contributed by atoms with E-state index in [4.69, 9.17) is 21.1 Å². The van der Waals surface area contributed by atoms with Crippen LogP contribution in [0.25, 0.3) is 11.1 Å². The number of carbonyl (C=O) groups excluding carboxylic acids is 1. The van der Waals surface area contributed by atoms with Gasteiger partial charge in [-0.1, -0.05) is 32.4 Å². The number of alkyl halides is 10. The van der Waals surface area contributed by atoms with Crippen LogP contribution in [0.2, 0.25) is 0 Å². The van der Waals surface area contributed by atoms with Gasteiger partial charge in [-0.2, -0.15) is 43.9 Å². The molecule has 3 nitrogen and oxygen atoms in total. The van der Waals surface area contributed by atoms with Crippen LogP contribution in [0, 0.1) is 17.6 Å². The molecule has 0 saturated carbocycles. The quantitative estimate of drug-likeness (QED) is 0.0730. The average molecular weight is 629 g/mol. The molecule has 0 aliphatic rings. The number of carbonyl (C=O) groups is 1. The highest BCUT2D eigenvalue weighted by molar-refractivity contribution is 6.30. The monoisotopic (exact) mass is 628 g/mol. The largest absolute Gasteiger partial charge is 0.490 e. The van der Waals surface area contributed by atoms with E-state index in [9.17, 15) is 53.1 Å². The number of rotatable bonds is 13. The van der Waals surface area contributed by atoms with Gasteiger partial charge in [-0.05, 0) is 48.6 Å². The Labute approximate surface area is 232 Å². The van der Waals surface area contributed by atoms with Gasteiger partial charge in [-0.15, -0.1) is 11.6 Å². The Kier molecular flexibility index (Phi) is 10.9. The summed E-state index contributed by atoms with van der Waals surface area (Å²) in [5.41, 5.74) is -0.0778. The molecule has 0 amide bonds. The zero-order valence-electron chi connectivity index (χ0n) is 21.4. The van der Waals surface area contributed by atoms with Gasteiger partial charge in [0, 0.05) is 12.0 Å². The van der Waals surface area contributed by atoms with Crippen molar-refractivity contribution >= 4 is 17.6 Å². The molecule has 0 spiro atoms. The standard InChI is InChI=1S/C26H24ClF11O3/c1-3-14(2)19(27)22(39)41-16-8-6-15(7-9-16)17-10-11-18(21(29)20(17)28)40-13-5-4-12-23(30,31)24(32,33)25(34,35)26(36,37)38/h6-11,14,19H,3-5,12-13H2,1-2H3/t14-,19-/m0/s1. The van der Waals surface area contributed by atoms with E-state index in [0.29, 0.717) is 6.42 Å². The molecule has 0 aliphatic heterocycles. The van der Waals surface area contributed by atoms with Crippen LogP contribution in [0.15, 0.2) is 36.4 Å². The van der Waals surface area contributed by atoms with E-state index < -0.39 is 78.5 Å². The molecule has 2 aromatic rings. The summed E-state index contributed by atoms with van der Waals surface area (Å²) in [6, 6.07) is 7.36. The first-order valence-corrected chi connectivity index (χ1v) is 12.5. The number of ether oxygens (including phenoxy) is 2. The normalized spacial score (nSPS) is 14.5. The third-order valence-electron chi connectivity index (χ3n) is 6.15. The lowest BCUT2D eigenvalue weighted by Gasteiger charge is -2.33. The maximum absolute atomic E-state index is 14.7. The van der Waals surface area contributed by atoms with Crippen molar-refractivity contribution in [1.29, 1.82) is 0 Å². The van der Waals surface area contributed by atoms with Crippen LogP contribution in [0.1, 0.15) is 39.5 Å². The van der Waals surface area contributed by atoms with Crippen molar-refractivity contribution in [3.05, 3.63) is 48.0 Å². The Morgan fingerprint density at radius 1 is 0.854 bits per heavy atom. The minimum atomic E-state index is -6.98. The van der Waals surface area contributed by atoms with Crippen molar-refractivity contribution < 1.29 is 62.6 Å². The van der Waals surface area contributed by atoms with E-state index in [0.717, 1.165) is 12.1 Å². The highest BCUT2D eigenvalue weighted by Crippen LogP contribution is 2.54. The molecule has 2 aromatic carbocycles. The van der Waals surface area contributed by atoms with Gasteiger partial charge in [0.25, 0.3) is 0 Å². The van der Waals surface area contributed by atoms with Gasteiger partial charge in [0.15, 0.2) is 11.6 Å². The molecule has 0 heterocycles. The van der Waals surface area contributed by atoms with Crippen LogP contribution in [0.5, 0.6) is 11.5 Å².